The molecular weight excluding hydrogens is 238 g/mol. The molecule has 3 aromatic rings. The lowest BCUT2D eigenvalue weighted by atomic mass is 10.1. The van der Waals surface area contributed by atoms with E-state index in [2.05, 4.69) is 29.5 Å². The van der Waals surface area contributed by atoms with Gasteiger partial charge >= 0.3 is 0 Å². The average molecular weight is 255 g/mol. The Morgan fingerprint density at radius 2 is 2.16 bits per heavy atom. The molecule has 0 spiro atoms. The molecule has 0 aliphatic carbocycles. The van der Waals surface area contributed by atoms with Gasteiger partial charge in [0.25, 0.3) is 0 Å². The van der Waals surface area contributed by atoms with Crippen molar-refractivity contribution in [1.29, 1.82) is 0 Å². The summed E-state index contributed by atoms with van der Waals surface area (Å²) in [5, 5.41) is 9.01. The highest BCUT2D eigenvalue weighted by Crippen LogP contribution is 2.27. The highest BCUT2D eigenvalue weighted by molar-refractivity contribution is 5.77. The number of aromatic nitrogens is 2. The molecule has 1 aromatic carbocycles. The lowest BCUT2D eigenvalue weighted by molar-refractivity contribution is 0.468. The largest absolute Gasteiger partial charge is 0.459 e. The molecule has 1 unspecified atom stereocenters. The van der Waals surface area contributed by atoms with Crippen LogP contribution in [0.4, 0.5) is 0 Å². The van der Waals surface area contributed by atoms with Crippen LogP contribution in [0.2, 0.25) is 0 Å². The van der Waals surface area contributed by atoms with Crippen LogP contribution in [0.5, 0.6) is 0 Å². The maximum atomic E-state index is 5.93. The first-order valence-electron chi connectivity index (χ1n) is 6.49. The first-order valence-corrected chi connectivity index (χ1v) is 6.49. The number of furan rings is 1. The third kappa shape index (κ3) is 2.27. The molecule has 2 aromatic heterocycles. The summed E-state index contributed by atoms with van der Waals surface area (Å²) in [7, 11) is 1.92. The number of rotatable bonds is 4. The molecule has 0 fully saturated rings. The van der Waals surface area contributed by atoms with Crippen LogP contribution in [0.15, 0.2) is 47.0 Å². The fourth-order valence-corrected chi connectivity index (χ4v) is 2.29. The van der Waals surface area contributed by atoms with Gasteiger partial charge in [-0.25, -0.2) is 0 Å². The van der Waals surface area contributed by atoms with Crippen molar-refractivity contribution < 1.29 is 4.42 Å². The summed E-state index contributed by atoms with van der Waals surface area (Å²) in [4.78, 5) is 0. The molecule has 0 aliphatic rings. The highest BCUT2D eigenvalue weighted by Gasteiger charge is 2.19. The van der Waals surface area contributed by atoms with E-state index in [1.807, 2.05) is 42.2 Å². The van der Waals surface area contributed by atoms with Crippen molar-refractivity contribution >= 4 is 11.0 Å². The quantitative estimate of drug-likeness (QED) is 0.779. The minimum Gasteiger partial charge on any atom is -0.459 e. The maximum absolute atomic E-state index is 5.93. The topological polar surface area (TPSA) is 43.0 Å². The SMILES string of the molecule is CCNC(c1ccn(C)n1)c1cc2ccccc2o1. The van der Waals surface area contributed by atoms with Crippen LogP contribution in [0, 0.1) is 0 Å². The molecule has 0 aliphatic heterocycles. The van der Waals surface area contributed by atoms with Crippen molar-refractivity contribution in [2.45, 2.75) is 13.0 Å². The standard InChI is InChI=1S/C15H17N3O/c1-3-16-15(12-8-9-18(2)17-12)14-10-11-6-4-5-7-13(11)19-14/h4-10,15-16H,3H2,1-2H3. The summed E-state index contributed by atoms with van der Waals surface area (Å²) in [5.74, 6) is 0.904. The summed E-state index contributed by atoms with van der Waals surface area (Å²) in [6.07, 6.45) is 1.95. The van der Waals surface area contributed by atoms with E-state index >= 15 is 0 Å². The highest BCUT2D eigenvalue weighted by atomic mass is 16.3. The molecule has 19 heavy (non-hydrogen) atoms. The monoisotopic (exact) mass is 255 g/mol. The molecule has 0 saturated heterocycles. The van der Waals surface area contributed by atoms with Crippen LogP contribution in [-0.2, 0) is 7.05 Å². The zero-order valence-corrected chi connectivity index (χ0v) is 11.1. The number of para-hydroxylation sites is 1. The van der Waals surface area contributed by atoms with Gasteiger partial charge in [-0.3, -0.25) is 4.68 Å². The van der Waals surface area contributed by atoms with Gasteiger partial charge in [-0.15, -0.1) is 0 Å². The second-order valence-corrected chi connectivity index (χ2v) is 4.59. The second-order valence-electron chi connectivity index (χ2n) is 4.59. The van der Waals surface area contributed by atoms with Gasteiger partial charge in [-0.05, 0) is 24.7 Å². The predicted octanol–water partition coefficient (Wildman–Crippen LogP) is 2.87. The first-order chi connectivity index (χ1) is 9.28. The van der Waals surface area contributed by atoms with Gasteiger partial charge in [0.2, 0.25) is 0 Å². The zero-order valence-electron chi connectivity index (χ0n) is 11.1. The Bertz CT molecular complexity index is 650. The summed E-state index contributed by atoms with van der Waals surface area (Å²) in [6.45, 7) is 2.94. The van der Waals surface area contributed by atoms with Crippen LogP contribution >= 0.6 is 0 Å². The molecule has 4 heteroatoms. The van der Waals surface area contributed by atoms with Crippen molar-refractivity contribution in [3.63, 3.8) is 0 Å². The van der Waals surface area contributed by atoms with Crippen LogP contribution in [0.25, 0.3) is 11.0 Å². The molecule has 0 radical (unpaired) electrons. The van der Waals surface area contributed by atoms with Crippen molar-refractivity contribution in [3.05, 3.63) is 54.0 Å². The van der Waals surface area contributed by atoms with E-state index in [9.17, 15) is 0 Å². The van der Waals surface area contributed by atoms with E-state index in [-0.39, 0.29) is 6.04 Å². The average Bonchev–Trinajstić information content (AvgIpc) is 3.01. The Morgan fingerprint density at radius 3 is 2.84 bits per heavy atom. The Hall–Kier alpha value is -2.07. The van der Waals surface area contributed by atoms with Gasteiger partial charge in [0.15, 0.2) is 0 Å². The number of fused-ring (bicyclic) bond motifs is 1. The summed E-state index contributed by atoms with van der Waals surface area (Å²) < 4.78 is 7.74. The predicted molar refractivity (Wildman–Crippen MR) is 74.9 cm³/mol. The number of nitrogens with zero attached hydrogens (tertiary/aromatic N) is 2. The van der Waals surface area contributed by atoms with E-state index < -0.39 is 0 Å². The maximum Gasteiger partial charge on any atom is 0.134 e. The van der Waals surface area contributed by atoms with Gasteiger partial charge in [-0.2, -0.15) is 5.10 Å². The lowest BCUT2D eigenvalue weighted by Gasteiger charge is -2.12. The number of nitrogens with one attached hydrogen (secondary N) is 1. The molecule has 0 bridgehead atoms. The van der Waals surface area contributed by atoms with Crippen LogP contribution in [0.1, 0.15) is 24.4 Å². The Morgan fingerprint density at radius 1 is 1.32 bits per heavy atom. The number of hydrogen-bond donors (Lipinski definition) is 1. The van der Waals surface area contributed by atoms with Crippen molar-refractivity contribution in [1.82, 2.24) is 15.1 Å². The van der Waals surface area contributed by atoms with E-state index in [4.69, 9.17) is 4.42 Å². The van der Waals surface area contributed by atoms with Gasteiger partial charge in [0, 0.05) is 18.6 Å². The fraction of sp³-hybridized carbons (Fsp3) is 0.267. The van der Waals surface area contributed by atoms with Gasteiger partial charge in [-0.1, -0.05) is 25.1 Å². The molecule has 2 heterocycles. The molecule has 4 nitrogen and oxygen atoms in total. The van der Waals surface area contributed by atoms with Crippen LogP contribution in [0.3, 0.4) is 0 Å². The van der Waals surface area contributed by atoms with Gasteiger partial charge in [0.05, 0.1) is 5.69 Å². The van der Waals surface area contributed by atoms with E-state index in [1.54, 1.807) is 0 Å². The Kier molecular flexibility index (Phi) is 3.09. The third-order valence-corrected chi connectivity index (χ3v) is 3.17. The second kappa shape index (κ2) is 4.90. The lowest BCUT2D eigenvalue weighted by Crippen LogP contribution is -2.22. The fourth-order valence-electron chi connectivity index (χ4n) is 2.29. The summed E-state index contributed by atoms with van der Waals surface area (Å²) in [6, 6.07) is 12.1. The molecular formula is C15H17N3O. The molecule has 1 atom stereocenters. The van der Waals surface area contributed by atoms with E-state index in [0.717, 1.165) is 29.0 Å². The zero-order chi connectivity index (χ0) is 13.2. The molecule has 98 valence electrons. The Labute approximate surface area is 112 Å². The normalized spacial score (nSPS) is 12.9. The minimum absolute atomic E-state index is 0.00130. The van der Waals surface area contributed by atoms with Crippen molar-refractivity contribution in [3.8, 4) is 0 Å². The van der Waals surface area contributed by atoms with Crippen molar-refractivity contribution in [2.24, 2.45) is 7.05 Å². The molecule has 0 amide bonds. The smallest absolute Gasteiger partial charge is 0.134 e. The third-order valence-electron chi connectivity index (χ3n) is 3.17. The molecule has 3 rings (SSSR count). The molecule has 0 saturated carbocycles. The first kappa shape index (κ1) is 12.0. The van der Waals surface area contributed by atoms with Crippen molar-refractivity contribution in [2.75, 3.05) is 6.54 Å². The van der Waals surface area contributed by atoms with Crippen LogP contribution in [-0.4, -0.2) is 16.3 Å². The van der Waals surface area contributed by atoms with E-state index in [0.29, 0.717) is 0 Å². The van der Waals surface area contributed by atoms with Gasteiger partial charge < -0.3 is 9.73 Å². The number of aryl methyl sites for hydroxylation is 1. The van der Waals surface area contributed by atoms with Crippen LogP contribution < -0.4 is 5.32 Å². The Balaban J connectivity index is 2.03. The number of benzene rings is 1. The summed E-state index contributed by atoms with van der Waals surface area (Å²) in [5.41, 5.74) is 1.89. The van der Waals surface area contributed by atoms with E-state index in [1.165, 1.54) is 0 Å². The van der Waals surface area contributed by atoms with Gasteiger partial charge in [0.1, 0.15) is 17.4 Å². The number of hydrogen-bond acceptors (Lipinski definition) is 3. The minimum atomic E-state index is -0.00130. The molecule has 1 N–H and O–H groups in total. The summed E-state index contributed by atoms with van der Waals surface area (Å²) >= 11 is 0.